The molecule has 2 amide bonds. The molecule has 3 fully saturated rings. The van der Waals surface area contributed by atoms with Crippen molar-refractivity contribution < 1.29 is 18.3 Å². The number of carbonyl (C=O) groups excluding carboxylic acids is 1. The van der Waals surface area contributed by atoms with E-state index in [1.807, 2.05) is 13.2 Å². The second kappa shape index (κ2) is 5.15. The number of halogens is 2. The third kappa shape index (κ3) is 2.22. The Kier molecular flexibility index (Phi) is 3.39. The molecule has 4 rings (SSSR count). The smallest absolute Gasteiger partial charge is 0.317 e. The first-order valence-corrected chi connectivity index (χ1v) is 8.36. The molecule has 0 bridgehead atoms. The number of nitrogens with zero attached hydrogens (tertiary/aromatic N) is 3. The number of nitrogens with one attached hydrogen (secondary N) is 1. The number of hydrogen-bond donors (Lipinski definition) is 1. The average molecular weight is 340 g/mol. The number of carbonyl (C=O) groups is 1. The van der Waals surface area contributed by atoms with E-state index in [-0.39, 0.29) is 24.7 Å². The summed E-state index contributed by atoms with van der Waals surface area (Å²) >= 11 is 0. The van der Waals surface area contributed by atoms with Gasteiger partial charge in [0.15, 0.2) is 0 Å². The fraction of sp³-hybridized carbons (Fsp3) is 0.750. The molecule has 8 heteroatoms. The molecule has 0 aromatic carbocycles. The number of hydrogen-bond acceptors (Lipinski definition) is 3. The number of aryl methyl sites for hydroxylation is 1. The van der Waals surface area contributed by atoms with Crippen molar-refractivity contribution in [2.75, 3.05) is 19.7 Å². The molecule has 3 heterocycles. The van der Waals surface area contributed by atoms with Crippen LogP contribution in [0.3, 0.4) is 0 Å². The first-order valence-electron chi connectivity index (χ1n) is 8.36. The SMILES string of the molecule is Cn1cc([C@@H]2OCC[C@H]2NC(=O)N2CCC3(C)C(C2)C3(F)F)cn1. The predicted octanol–water partition coefficient (Wildman–Crippen LogP) is 1.94. The zero-order chi connectivity index (χ0) is 17.1. The van der Waals surface area contributed by atoms with Crippen LogP contribution in [0, 0.1) is 11.3 Å². The van der Waals surface area contributed by atoms with Crippen LogP contribution in [-0.2, 0) is 11.8 Å². The molecular weight excluding hydrogens is 318 g/mol. The van der Waals surface area contributed by atoms with E-state index < -0.39 is 17.3 Å². The van der Waals surface area contributed by atoms with Crippen LogP contribution in [0.1, 0.15) is 31.4 Å². The van der Waals surface area contributed by atoms with Gasteiger partial charge in [-0.1, -0.05) is 6.92 Å². The second-order valence-corrected chi connectivity index (χ2v) is 7.37. The van der Waals surface area contributed by atoms with Gasteiger partial charge in [-0.15, -0.1) is 0 Å². The van der Waals surface area contributed by atoms with Gasteiger partial charge in [0.1, 0.15) is 6.10 Å². The molecule has 3 aliphatic rings. The number of fused-ring (bicyclic) bond motifs is 1. The van der Waals surface area contributed by atoms with Gasteiger partial charge in [-0.3, -0.25) is 4.68 Å². The number of likely N-dealkylation sites (tertiary alicyclic amines) is 1. The van der Waals surface area contributed by atoms with Gasteiger partial charge in [0.05, 0.1) is 18.2 Å². The second-order valence-electron chi connectivity index (χ2n) is 7.37. The van der Waals surface area contributed by atoms with Crippen LogP contribution in [0.5, 0.6) is 0 Å². The summed E-state index contributed by atoms with van der Waals surface area (Å²) in [6.45, 7) is 2.68. The summed E-state index contributed by atoms with van der Waals surface area (Å²) in [6.07, 6.45) is 4.42. The number of ether oxygens (including phenoxy) is 1. The molecule has 1 saturated carbocycles. The monoisotopic (exact) mass is 340 g/mol. The van der Waals surface area contributed by atoms with Crippen LogP contribution in [0.4, 0.5) is 13.6 Å². The van der Waals surface area contributed by atoms with Crippen LogP contribution in [0.2, 0.25) is 0 Å². The largest absolute Gasteiger partial charge is 0.371 e. The molecule has 4 atom stereocenters. The summed E-state index contributed by atoms with van der Waals surface area (Å²) in [6, 6.07) is -0.432. The van der Waals surface area contributed by atoms with Gasteiger partial charge >= 0.3 is 6.03 Å². The maximum Gasteiger partial charge on any atom is 0.317 e. The Bertz CT molecular complexity index is 664. The summed E-state index contributed by atoms with van der Waals surface area (Å²) in [5, 5.41) is 7.10. The molecule has 0 radical (unpaired) electrons. The Hall–Kier alpha value is -1.70. The lowest BCUT2D eigenvalue weighted by Crippen LogP contribution is -2.48. The highest BCUT2D eigenvalue weighted by Gasteiger charge is 2.78. The van der Waals surface area contributed by atoms with Gasteiger partial charge in [0.2, 0.25) is 0 Å². The van der Waals surface area contributed by atoms with Gasteiger partial charge < -0.3 is 15.0 Å². The van der Waals surface area contributed by atoms with E-state index in [2.05, 4.69) is 10.4 Å². The molecule has 6 nitrogen and oxygen atoms in total. The van der Waals surface area contributed by atoms with E-state index in [0.717, 1.165) is 5.56 Å². The Morgan fingerprint density at radius 3 is 2.96 bits per heavy atom. The van der Waals surface area contributed by atoms with Crippen LogP contribution < -0.4 is 5.32 Å². The Labute approximate surface area is 139 Å². The number of alkyl halides is 2. The number of urea groups is 1. The fourth-order valence-corrected chi connectivity index (χ4v) is 4.10. The van der Waals surface area contributed by atoms with Crippen LogP contribution in [-0.4, -0.2) is 52.4 Å². The van der Waals surface area contributed by atoms with Crippen LogP contribution in [0.25, 0.3) is 0 Å². The third-order valence-electron chi connectivity index (χ3n) is 5.93. The van der Waals surface area contributed by atoms with Crippen molar-refractivity contribution in [3.8, 4) is 0 Å². The number of amides is 2. The van der Waals surface area contributed by atoms with Crippen molar-refractivity contribution in [3.05, 3.63) is 18.0 Å². The topological polar surface area (TPSA) is 59.4 Å². The summed E-state index contributed by atoms with van der Waals surface area (Å²) in [5.41, 5.74) is -0.00127. The predicted molar refractivity (Wildman–Crippen MR) is 81.6 cm³/mol. The molecule has 1 aliphatic carbocycles. The van der Waals surface area contributed by atoms with Crippen molar-refractivity contribution in [1.29, 1.82) is 0 Å². The third-order valence-corrected chi connectivity index (χ3v) is 5.93. The Morgan fingerprint density at radius 2 is 2.29 bits per heavy atom. The molecule has 0 spiro atoms. The van der Waals surface area contributed by atoms with E-state index >= 15 is 0 Å². The minimum Gasteiger partial charge on any atom is -0.371 e. The molecular formula is C16H22F2N4O2. The van der Waals surface area contributed by atoms with E-state index in [4.69, 9.17) is 4.74 Å². The molecule has 2 aliphatic heterocycles. The average Bonchev–Trinajstić information content (AvgIpc) is 2.97. The highest BCUT2D eigenvalue weighted by molar-refractivity contribution is 5.75. The van der Waals surface area contributed by atoms with Crippen LogP contribution in [0.15, 0.2) is 12.4 Å². The molecule has 1 N–H and O–H groups in total. The summed E-state index contributed by atoms with van der Waals surface area (Å²) in [4.78, 5) is 14.0. The highest BCUT2D eigenvalue weighted by atomic mass is 19.3. The minimum atomic E-state index is -2.64. The van der Waals surface area contributed by atoms with Crippen molar-refractivity contribution in [1.82, 2.24) is 20.0 Å². The number of aromatic nitrogens is 2. The van der Waals surface area contributed by atoms with E-state index in [1.54, 1.807) is 17.8 Å². The van der Waals surface area contributed by atoms with Crippen molar-refractivity contribution in [3.63, 3.8) is 0 Å². The van der Waals surface area contributed by atoms with Crippen molar-refractivity contribution in [2.45, 2.75) is 37.8 Å². The summed E-state index contributed by atoms with van der Waals surface area (Å²) < 4.78 is 35.1. The van der Waals surface area contributed by atoms with Gasteiger partial charge in [-0.25, -0.2) is 13.6 Å². The minimum absolute atomic E-state index is 0.125. The zero-order valence-corrected chi connectivity index (χ0v) is 13.8. The van der Waals surface area contributed by atoms with Crippen LogP contribution >= 0.6 is 0 Å². The summed E-state index contributed by atoms with van der Waals surface area (Å²) in [7, 11) is 1.83. The molecule has 2 saturated heterocycles. The normalized spacial score (nSPS) is 37.2. The Balaban J connectivity index is 1.39. The van der Waals surface area contributed by atoms with Crippen molar-refractivity contribution >= 4 is 6.03 Å². The van der Waals surface area contributed by atoms with Crippen molar-refractivity contribution in [2.24, 2.45) is 18.4 Å². The molecule has 132 valence electrons. The number of piperidine rings is 1. The fourth-order valence-electron chi connectivity index (χ4n) is 4.10. The molecule has 1 aromatic rings. The summed E-state index contributed by atoms with van der Waals surface area (Å²) in [5.74, 6) is -3.35. The van der Waals surface area contributed by atoms with E-state index in [1.165, 1.54) is 4.90 Å². The molecule has 2 unspecified atom stereocenters. The zero-order valence-electron chi connectivity index (χ0n) is 13.8. The van der Waals surface area contributed by atoms with Gasteiger partial charge in [0.25, 0.3) is 5.92 Å². The maximum absolute atomic E-state index is 13.8. The standard InChI is InChI=1S/C16H22F2N4O2/c1-15-4-5-22(9-12(15)16(15,17)18)14(23)20-11-3-6-24-13(11)10-7-19-21(2)8-10/h7-8,11-13H,3-6,9H2,1-2H3,(H,20,23)/t11-,12?,13+,15?/m1/s1. The molecule has 1 aromatic heterocycles. The first-order chi connectivity index (χ1) is 11.3. The number of rotatable bonds is 2. The Morgan fingerprint density at radius 1 is 1.50 bits per heavy atom. The van der Waals surface area contributed by atoms with Gasteiger partial charge in [-0.2, -0.15) is 5.10 Å². The lowest BCUT2D eigenvalue weighted by atomic mass is 9.98. The quantitative estimate of drug-likeness (QED) is 0.895. The lowest BCUT2D eigenvalue weighted by Gasteiger charge is -2.30. The first kappa shape index (κ1) is 15.8. The van der Waals surface area contributed by atoms with E-state index in [9.17, 15) is 13.6 Å². The van der Waals surface area contributed by atoms with E-state index in [0.29, 0.717) is 26.0 Å². The lowest BCUT2D eigenvalue weighted by molar-refractivity contribution is 0.0636. The molecule has 24 heavy (non-hydrogen) atoms. The van der Waals surface area contributed by atoms with Gasteiger partial charge in [0, 0.05) is 43.9 Å². The highest BCUT2D eigenvalue weighted by Crippen LogP contribution is 2.69. The van der Waals surface area contributed by atoms with Gasteiger partial charge in [-0.05, 0) is 12.8 Å². The maximum atomic E-state index is 13.8.